The van der Waals surface area contributed by atoms with Crippen molar-refractivity contribution in [1.29, 1.82) is 0 Å². The average molecular weight is 305 g/mol. The van der Waals surface area contributed by atoms with Crippen molar-refractivity contribution in [1.82, 2.24) is 5.32 Å². The molecule has 2 N–H and O–H groups in total. The van der Waals surface area contributed by atoms with E-state index in [1.54, 1.807) is 30.5 Å². The highest BCUT2D eigenvalue weighted by molar-refractivity contribution is 6.30. The van der Waals surface area contributed by atoms with Crippen LogP contribution in [0.5, 0.6) is 0 Å². The number of aryl methyl sites for hydroxylation is 2. The molecular weight excluding hydrogens is 288 g/mol. The standard InChI is InChI=1S/C16H17ClN2O2/c1-10-9-21-14-4-2-3-13(15(10)14)19-16(20)18-12-7-5-11(17)6-8-12/h5-9,13H,2-4H2,1H3,(H2,18,19,20). The zero-order valence-electron chi connectivity index (χ0n) is 11.8. The van der Waals surface area contributed by atoms with Gasteiger partial charge in [-0.3, -0.25) is 0 Å². The zero-order valence-corrected chi connectivity index (χ0v) is 12.5. The first kappa shape index (κ1) is 14.0. The van der Waals surface area contributed by atoms with Gasteiger partial charge in [-0.25, -0.2) is 4.79 Å². The molecule has 1 aromatic carbocycles. The Bertz CT molecular complexity index is 649. The van der Waals surface area contributed by atoms with E-state index in [1.807, 2.05) is 6.92 Å². The van der Waals surface area contributed by atoms with E-state index in [4.69, 9.17) is 16.0 Å². The summed E-state index contributed by atoms with van der Waals surface area (Å²) in [6.07, 6.45) is 4.66. The number of hydrogen-bond acceptors (Lipinski definition) is 2. The summed E-state index contributed by atoms with van der Waals surface area (Å²) >= 11 is 5.83. The van der Waals surface area contributed by atoms with Crippen molar-refractivity contribution in [3.8, 4) is 0 Å². The molecule has 0 bridgehead atoms. The number of rotatable bonds is 2. The van der Waals surface area contributed by atoms with E-state index in [2.05, 4.69) is 10.6 Å². The van der Waals surface area contributed by atoms with Crippen LogP contribution in [0.25, 0.3) is 0 Å². The van der Waals surface area contributed by atoms with Gasteiger partial charge < -0.3 is 15.1 Å². The number of hydrogen-bond donors (Lipinski definition) is 2. The summed E-state index contributed by atoms with van der Waals surface area (Å²) in [4.78, 5) is 12.1. The fourth-order valence-corrected chi connectivity index (χ4v) is 2.91. The Morgan fingerprint density at radius 2 is 2.10 bits per heavy atom. The van der Waals surface area contributed by atoms with E-state index in [0.717, 1.165) is 41.8 Å². The summed E-state index contributed by atoms with van der Waals surface area (Å²) < 4.78 is 5.54. The topological polar surface area (TPSA) is 54.3 Å². The van der Waals surface area contributed by atoms with Crippen LogP contribution in [0, 0.1) is 6.92 Å². The van der Waals surface area contributed by atoms with Gasteiger partial charge in [0.15, 0.2) is 0 Å². The van der Waals surface area contributed by atoms with Crippen molar-refractivity contribution < 1.29 is 9.21 Å². The number of fused-ring (bicyclic) bond motifs is 1. The summed E-state index contributed by atoms with van der Waals surface area (Å²) in [5.41, 5.74) is 2.95. The minimum atomic E-state index is -0.212. The molecule has 2 aromatic rings. The van der Waals surface area contributed by atoms with Crippen LogP contribution in [-0.2, 0) is 6.42 Å². The third-order valence-corrected chi connectivity index (χ3v) is 4.01. The van der Waals surface area contributed by atoms with Gasteiger partial charge in [-0.1, -0.05) is 11.6 Å². The van der Waals surface area contributed by atoms with Crippen molar-refractivity contribution in [2.45, 2.75) is 32.2 Å². The Balaban J connectivity index is 1.68. The first-order valence-corrected chi connectivity index (χ1v) is 7.41. The second-order valence-electron chi connectivity index (χ2n) is 5.31. The molecule has 3 rings (SSSR count). The maximum atomic E-state index is 12.1. The third-order valence-electron chi connectivity index (χ3n) is 3.76. The lowest BCUT2D eigenvalue weighted by atomic mass is 9.91. The second kappa shape index (κ2) is 5.82. The number of halogens is 1. The molecule has 1 aliphatic rings. The van der Waals surface area contributed by atoms with Gasteiger partial charge in [-0.15, -0.1) is 0 Å². The van der Waals surface area contributed by atoms with Gasteiger partial charge >= 0.3 is 6.03 Å². The first-order chi connectivity index (χ1) is 10.1. The van der Waals surface area contributed by atoms with Crippen molar-refractivity contribution in [3.63, 3.8) is 0 Å². The molecule has 0 saturated heterocycles. The molecule has 110 valence electrons. The summed E-state index contributed by atoms with van der Waals surface area (Å²) in [7, 11) is 0. The Morgan fingerprint density at radius 1 is 1.33 bits per heavy atom. The smallest absolute Gasteiger partial charge is 0.319 e. The monoisotopic (exact) mass is 304 g/mol. The molecule has 0 radical (unpaired) electrons. The number of urea groups is 1. The largest absolute Gasteiger partial charge is 0.469 e. The minimum absolute atomic E-state index is 0.0137. The van der Waals surface area contributed by atoms with Gasteiger partial charge in [0.1, 0.15) is 5.76 Å². The van der Waals surface area contributed by atoms with E-state index in [0.29, 0.717) is 5.02 Å². The maximum Gasteiger partial charge on any atom is 0.319 e. The van der Waals surface area contributed by atoms with Gasteiger partial charge in [-0.05, 0) is 49.6 Å². The number of carbonyl (C=O) groups excluding carboxylic acids is 1. The number of amides is 2. The Kier molecular flexibility index (Phi) is 3.88. The highest BCUT2D eigenvalue weighted by Crippen LogP contribution is 2.33. The Labute approximate surface area is 128 Å². The van der Waals surface area contributed by atoms with Crippen LogP contribution < -0.4 is 10.6 Å². The average Bonchev–Trinajstić information content (AvgIpc) is 2.84. The molecule has 0 fully saturated rings. The predicted octanol–water partition coefficient (Wildman–Crippen LogP) is 4.44. The quantitative estimate of drug-likeness (QED) is 0.861. The Hall–Kier alpha value is -1.94. The van der Waals surface area contributed by atoms with Crippen LogP contribution >= 0.6 is 11.6 Å². The highest BCUT2D eigenvalue weighted by Gasteiger charge is 2.26. The van der Waals surface area contributed by atoms with Crippen LogP contribution in [0.2, 0.25) is 5.02 Å². The molecule has 0 spiro atoms. The molecule has 1 aromatic heterocycles. The van der Waals surface area contributed by atoms with Crippen LogP contribution in [-0.4, -0.2) is 6.03 Å². The van der Waals surface area contributed by atoms with Crippen molar-refractivity contribution in [2.75, 3.05) is 5.32 Å². The molecule has 1 atom stereocenters. The normalized spacial score (nSPS) is 17.1. The summed E-state index contributed by atoms with van der Waals surface area (Å²) in [5.74, 6) is 0.996. The van der Waals surface area contributed by atoms with E-state index < -0.39 is 0 Å². The number of nitrogens with one attached hydrogen (secondary N) is 2. The van der Waals surface area contributed by atoms with Crippen molar-refractivity contribution in [3.05, 3.63) is 52.4 Å². The maximum absolute atomic E-state index is 12.1. The summed E-state index contributed by atoms with van der Waals surface area (Å²) in [6, 6.07) is 6.84. The van der Waals surface area contributed by atoms with E-state index >= 15 is 0 Å². The summed E-state index contributed by atoms with van der Waals surface area (Å²) in [6.45, 7) is 2.01. The van der Waals surface area contributed by atoms with Crippen LogP contribution in [0.4, 0.5) is 10.5 Å². The predicted molar refractivity (Wildman–Crippen MR) is 82.7 cm³/mol. The van der Waals surface area contributed by atoms with Gasteiger partial charge in [0.05, 0.1) is 12.3 Å². The van der Waals surface area contributed by atoms with Gasteiger partial charge in [0.2, 0.25) is 0 Å². The lowest BCUT2D eigenvalue weighted by Gasteiger charge is -2.23. The SMILES string of the molecule is Cc1coc2c1C(NC(=O)Nc1ccc(Cl)cc1)CCC2. The Morgan fingerprint density at radius 3 is 2.86 bits per heavy atom. The number of benzene rings is 1. The molecule has 1 heterocycles. The zero-order chi connectivity index (χ0) is 14.8. The molecule has 0 aliphatic heterocycles. The van der Waals surface area contributed by atoms with Gasteiger partial charge in [0, 0.05) is 22.7 Å². The fraction of sp³-hybridized carbons (Fsp3) is 0.312. The molecule has 21 heavy (non-hydrogen) atoms. The van der Waals surface area contributed by atoms with E-state index in [9.17, 15) is 4.79 Å². The third kappa shape index (κ3) is 3.05. The second-order valence-corrected chi connectivity index (χ2v) is 5.74. The van der Waals surface area contributed by atoms with Crippen LogP contribution in [0.1, 0.15) is 35.8 Å². The highest BCUT2D eigenvalue weighted by atomic mass is 35.5. The molecule has 2 amide bonds. The lowest BCUT2D eigenvalue weighted by molar-refractivity contribution is 0.246. The lowest BCUT2D eigenvalue weighted by Crippen LogP contribution is -2.34. The van der Waals surface area contributed by atoms with Crippen molar-refractivity contribution >= 4 is 23.3 Å². The number of anilines is 1. The van der Waals surface area contributed by atoms with Gasteiger partial charge in [-0.2, -0.15) is 0 Å². The van der Waals surface area contributed by atoms with Crippen LogP contribution in [0.15, 0.2) is 34.9 Å². The van der Waals surface area contributed by atoms with Gasteiger partial charge in [0.25, 0.3) is 0 Å². The molecule has 4 nitrogen and oxygen atoms in total. The molecule has 1 aliphatic carbocycles. The molecule has 0 saturated carbocycles. The molecular formula is C16H17ClN2O2. The minimum Gasteiger partial charge on any atom is -0.469 e. The molecule has 1 unspecified atom stereocenters. The van der Waals surface area contributed by atoms with E-state index in [-0.39, 0.29) is 12.1 Å². The number of furan rings is 1. The number of carbonyl (C=O) groups is 1. The van der Waals surface area contributed by atoms with E-state index in [1.165, 1.54) is 0 Å². The van der Waals surface area contributed by atoms with Crippen LogP contribution in [0.3, 0.4) is 0 Å². The fourth-order valence-electron chi connectivity index (χ4n) is 2.78. The first-order valence-electron chi connectivity index (χ1n) is 7.03. The summed E-state index contributed by atoms with van der Waals surface area (Å²) in [5, 5.41) is 6.49. The molecule has 5 heteroatoms. The van der Waals surface area contributed by atoms with Crippen molar-refractivity contribution in [2.24, 2.45) is 0 Å².